The molecule has 2 aromatic carbocycles. The predicted octanol–water partition coefficient (Wildman–Crippen LogP) is 5.80. The summed E-state index contributed by atoms with van der Waals surface area (Å²) in [7, 11) is 5.38. The van der Waals surface area contributed by atoms with Crippen molar-refractivity contribution in [2.45, 2.75) is 6.42 Å². The van der Waals surface area contributed by atoms with Gasteiger partial charge in [-0.3, -0.25) is 0 Å². The summed E-state index contributed by atoms with van der Waals surface area (Å²) in [5.74, 6) is -0.771. The summed E-state index contributed by atoms with van der Waals surface area (Å²) in [4.78, 5) is 24.6. The van der Waals surface area contributed by atoms with Crippen molar-refractivity contribution in [3.8, 4) is 11.5 Å². The molecule has 0 aliphatic rings. The third-order valence-corrected chi connectivity index (χ3v) is 5.40. The van der Waals surface area contributed by atoms with Gasteiger partial charge in [0.05, 0.1) is 38.5 Å². The molecule has 0 bridgehead atoms. The van der Waals surface area contributed by atoms with Gasteiger partial charge in [-0.15, -0.1) is 0 Å². The van der Waals surface area contributed by atoms with Crippen LogP contribution in [-0.4, -0.2) is 45.7 Å². The van der Waals surface area contributed by atoms with Crippen LogP contribution in [0.2, 0.25) is 10.0 Å². The highest BCUT2D eigenvalue weighted by Crippen LogP contribution is 2.38. The summed E-state index contributed by atoms with van der Waals surface area (Å²) >= 11 is 16.2. The van der Waals surface area contributed by atoms with E-state index in [9.17, 15) is 9.59 Å². The van der Waals surface area contributed by atoms with Gasteiger partial charge in [-0.05, 0) is 47.4 Å². The normalized spacial score (nSPS) is 10.3. The Hall–Kier alpha value is -2.22. The van der Waals surface area contributed by atoms with E-state index < -0.39 is 11.9 Å². The molecule has 0 heterocycles. The van der Waals surface area contributed by atoms with E-state index in [4.69, 9.17) is 42.1 Å². The SMILES string of the molecule is COC(=O)c1cc(C(=CCCBr)c2cc(Cl)c(OC)c(C(=O)OC)c2)cc(Cl)c1OC. The van der Waals surface area contributed by atoms with Crippen molar-refractivity contribution in [2.24, 2.45) is 0 Å². The number of carbonyl (C=O) groups is 2. The van der Waals surface area contributed by atoms with Crippen LogP contribution in [-0.2, 0) is 9.47 Å². The maximum absolute atomic E-state index is 12.3. The summed E-state index contributed by atoms with van der Waals surface area (Å²) in [6, 6.07) is 6.57. The van der Waals surface area contributed by atoms with Crippen LogP contribution in [0.25, 0.3) is 5.57 Å². The second-order valence-corrected chi connectivity index (χ2v) is 7.76. The van der Waals surface area contributed by atoms with Crippen LogP contribution < -0.4 is 9.47 Å². The van der Waals surface area contributed by atoms with Crippen LogP contribution in [0.4, 0.5) is 0 Å². The summed E-state index contributed by atoms with van der Waals surface area (Å²) < 4.78 is 20.3. The molecule has 0 fully saturated rings. The lowest BCUT2D eigenvalue weighted by Crippen LogP contribution is -2.07. The molecule has 0 saturated carbocycles. The molecular weight excluding hydrogens is 511 g/mol. The molecule has 0 saturated heterocycles. The van der Waals surface area contributed by atoms with E-state index in [0.29, 0.717) is 28.5 Å². The van der Waals surface area contributed by atoms with E-state index in [1.54, 1.807) is 24.3 Å². The van der Waals surface area contributed by atoms with Gasteiger partial charge in [-0.2, -0.15) is 0 Å². The van der Waals surface area contributed by atoms with Crippen LogP contribution in [0, 0.1) is 0 Å². The molecule has 2 aromatic rings. The quantitative estimate of drug-likeness (QED) is 0.316. The lowest BCUT2D eigenvalue weighted by atomic mass is 9.93. The topological polar surface area (TPSA) is 71.1 Å². The van der Waals surface area contributed by atoms with E-state index in [0.717, 1.165) is 0 Å². The number of benzene rings is 2. The fraction of sp³-hybridized carbons (Fsp3) is 0.273. The number of allylic oxidation sites excluding steroid dienone is 1. The molecule has 31 heavy (non-hydrogen) atoms. The van der Waals surface area contributed by atoms with Gasteiger partial charge in [0.1, 0.15) is 11.1 Å². The van der Waals surface area contributed by atoms with Gasteiger partial charge in [-0.1, -0.05) is 45.2 Å². The Balaban J connectivity index is 2.79. The van der Waals surface area contributed by atoms with Crippen molar-refractivity contribution in [1.29, 1.82) is 0 Å². The molecule has 0 spiro atoms. The van der Waals surface area contributed by atoms with E-state index in [-0.39, 0.29) is 32.7 Å². The van der Waals surface area contributed by atoms with Crippen LogP contribution in [0.5, 0.6) is 11.5 Å². The molecule has 9 heteroatoms. The van der Waals surface area contributed by atoms with Crippen LogP contribution in [0.1, 0.15) is 38.3 Å². The fourth-order valence-corrected chi connectivity index (χ4v) is 3.86. The van der Waals surface area contributed by atoms with E-state index in [1.807, 2.05) is 6.08 Å². The minimum absolute atomic E-state index is 0.171. The number of rotatable bonds is 8. The van der Waals surface area contributed by atoms with Crippen LogP contribution in [0.15, 0.2) is 30.3 Å². The highest BCUT2D eigenvalue weighted by Gasteiger charge is 2.22. The van der Waals surface area contributed by atoms with Crippen molar-refractivity contribution < 1.29 is 28.5 Å². The Morgan fingerprint density at radius 3 is 1.58 bits per heavy atom. The summed E-state index contributed by atoms with van der Waals surface area (Å²) in [6.45, 7) is 0. The number of esters is 2. The molecule has 2 rings (SSSR count). The predicted molar refractivity (Wildman–Crippen MR) is 124 cm³/mol. The number of halogens is 3. The first-order valence-electron chi connectivity index (χ1n) is 9.01. The number of alkyl halides is 1. The molecule has 0 radical (unpaired) electrons. The lowest BCUT2D eigenvalue weighted by Gasteiger charge is -2.16. The van der Waals surface area contributed by atoms with E-state index in [1.165, 1.54) is 28.4 Å². The second-order valence-electron chi connectivity index (χ2n) is 6.16. The summed E-state index contributed by atoms with van der Waals surface area (Å²) in [5.41, 5.74) is 2.27. The third-order valence-electron chi connectivity index (χ3n) is 4.39. The summed E-state index contributed by atoms with van der Waals surface area (Å²) in [5, 5.41) is 1.16. The maximum Gasteiger partial charge on any atom is 0.341 e. The number of hydrogen-bond donors (Lipinski definition) is 0. The maximum atomic E-state index is 12.3. The zero-order valence-electron chi connectivity index (χ0n) is 17.4. The van der Waals surface area contributed by atoms with Gasteiger partial charge >= 0.3 is 11.9 Å². The van der Waals surface area contributed by atoms with Crippen molar-refractivity contribution >= 4 is 56.6 Å². The fourth-order valence-electron chi connectivity index (χ4n) is 3.04. The Bertz CT molecular complexity index is 944. The molecule has 0 aliphatic carbocycles. The smallest absolute Gasteiger partial charge is 0.341 e. The highest BCUT2D eigenvalue weighted by molar-refractivity contribution is 9.09. The first kappa shape index (κ1) is 25.0. The Morgan fingerprint density at radius 2 is 1.26 bits per heavy atom. The van der Waals surface area contributed by atoms with Crippen LogP contribution >= 0.6 is 39.1 Å². The lowest BCUT2D eigenvalue weighted by molar-refractivity contribution is 0.0588. The van der Waals surface area contributed by atoms with Crippen molar-refractivity contribution in [3.05, 3.63) is 62.6 Å². The first-order chi connectivity index (χ1) is 14.8. The molecule has 6 nitrogen and oxygen atoms in total. The number of carbonyl (C=O) groups excluding carboxylic acids is 2. The largest absolute Gasteiger partial charge is 0.494 e. The van der Waals surface area contributed by atoms with Gasteiger partial charge in [-0.25, -0.2) is 9.59 Å². The standard InChI is InChI=1S/C22H21BrCl2O6/c1-28-19-15(21(26)30-3)8-12(10-17(19)24)14(6-5-7-23)13-9-16(22(27)31-4)20(29-2)18(25)11-13/h6,8-11H,5,7H2,1-4H3. The third kappa shape index (κ3) is 5.53. The average molecular weight is 532 g/mol. The molecular formula is C22H21BrCl2O6. The van der Waals surface area contributed by atoms with Gasteiger partial charge in [0.15, 0.2) is 11.5 Å². The zero-order valence-corrected chi connectivity index (χ0v) is 20.5. The highest BCUT2D eigenvalue weighted by atomic mass is 79.9. The van der Waals surface area contributed by atoms with E-state index in [2.05, 4.69) is 15.9 Å². The number of methoxy groups -OCH3 is 4. The molecule has 0 amide bonds. The number of ether oxygens (including phenoxy) is 4. The monoisotopic (exact) mass is 530 g/mol. The minimum atomic E-state index is -0.594. The molecule has 166 valence electrons. The van der Waals surface area contributed by atoms with Crippen molar-refractivity contribution in [3.63, 3.8) is 0 Å². The Labute approximate surface area is 199 Å². The molecule has 0 atom stereocenters. The molecule has 0 N–H and O–H groups in total. The Kier molecular flexibility index (Phi) is 9.22. The van der Waals surface area contributed by atoms with Crippen molar-refractivity contribution in [1.82, 2.24) is 0 Å². The first-order valence-corrected chi connectivity index (χ1v) is 10.9. The van der Waals surface area contributed by atoms with Crippen molar-refractivity contribution in [2.75, 3.05) is 33.8 Å². The summed E-state index contributed by atoms with van der Waals surface area (Å²) in [6.07, 6.45) is 2.59. The minimum Gasteiger partial charge on any atom is -0.494 e. The average Bonchev–Trinajstić information content (AvgIpc) is 2.77. The molecule has 0 unspecified atom stereocenters. The zero-order chi connectivity index (χ0) is 23.1. The second kappa shape index (κ2) is 11.4. The van der Waals surface area contributed by atoms with Gasteiger partial charge in [0.25, 0.3) is 0 Å². The molecule has 0 aliphatic heterocycles. The number of hydrogen-bond acceptors (Lipinski definition) is 6. The van der Waals surface area contributed by atoms with Crippen LogP contribution in [0.3, 0.4) is 0 Å². The van der Waals surface area contributed by atoms with Gasteiger partial charge in [0.2, 0.25) is 0 Å². The van der Waals surface area contributed by atoms with Gasteiger partial charge in [0, 0.05) is 5.33 Å². The Morgan fingerprint density at radius 1 is 0.839 bits per heavy atom. The molecule has 0 aromatic heterocycles. The van der Waals surface area contributed by atoms with Gasteiger partial charge < -0.3 is 18.9 Å². The van der Waals surface area contributed by atoms with E-state index >= 15 is 0 Å².